The first-order chi connectivity index (χ1) is 14.6. The van der Waals surface area contributed by atoms with Gasteiger partial charge in [0.15, 0.2) is 0 Å². The van der Waals surface area contributed by atoms with Gasteiger partial charge in [0.05, 0.1) is 31.5 Å². The van der Waals surface area contributed by atoms with Gasteiger partial charge >= 0.3 is 0 Å². The van der Waals surface area contributed by atoms with Gasteiger partial charge < -0.3 is 19.7 Å². The first-order valence-electron chi connectivity index (χ1n) is 9.52. The van der Waals surface area contributed by atoms with Crippen LogP contribution in [0, 0.1) is 5.92 Å². The number of nitrogens with one attached hydrogen (secondary N) is 2. The zero-order valence-electron chi connectivity index (χ0n) is 16.7. The molecular weight excluding hydrogens is 384 g/mol. The van der Waals surface area contributed by atoms with Crippen molar-refractivity contribution in [2.45, 2.75) is 6.42 Å². The number of hydrogen-bond donors (Lipinski definition) is 2. The van der Waals surface area contributed by atoms with Gasteiger partial charge in [-0.3, -0.25) is 14.7 Å². The van der Waals surface area contributed by atoms with E-state index in [4.69, 9.17) is 9.47 Å². The van der Waals surface area contributed by atoms with E-state index in [1.54, 1.807) is 43.5 Å². The number of rotatable bonds is 6. The highest BCUT2D eigenvalue weighted by atomic mass is 16.5. The summed E-state index contributed by atoms with van der Waals surface area (Å²) in [7, 11) is 3.11. The fourth-order valence-corrected chi connectivity index (χ4v) is 3.52. The van der Waals surface area contributed by atoms with Crippen molar-refractivity contribution in [2.24, 2.45) is 5.92 Å². The normalized spacial score (nSPS) is 15.9. The third kappa shape index (κ3) is 3.84. The van der Waals surface area contributed by atoms with Crippen LogP contribution in [0.2, 0.25) is 0 Å². The summed E-state index contributed by atoms with van der Waals surface area (Å²) in [6.07, 6.45) is 1.82. The fourth-order valence-electron chi connectivity index (χ4n) is 3.52. The van der Waals surface area contributed by atoms with Gasteiger partial charge in [0.1, 0.15) is 11.5 Å². The fraction of sp³-hybridized carbons (Fsp3) is 0.227. The van der Waals surface area contributed by atoms with Gasteiger partial charge in [-0.15, -0.1) is 0 Å². The van der Waals surface area contributed by atoms with Crippen LogP contribution in [0.5, 0.6) is 11.5 Å². The first-order valence-corrected chi connectivity index (χ1v) is 9.52. The number of amides is 2. The van der Waals surface area contributed by atoms with Crippen LogP contribution in [0.1, 0.15) is 6.42 Å². The Kier molecular flexibility index (Phi) is 5.38. The second kappa shape index (κ2) is 8.28. The maximum absolute atomic E-state index is 12.8. The van der Waals surface area contributed by atoms with E-state index in [1.807, 2.05) is 30.3 Å². The SMILES string of the molecule is COc1ccc(OC)c(N2CC(C(=O)Nc3ccc(-c4ccn[nH]4)cc3)CC2=O)c1. The Hall–Kier alpha value is -3.81. The van der Waals surface area contributed by atoms with Crippen molar-refractivity contribution in [3.8, 4) is 22.8 Å². The average Bonchev–Trinajstić information content (AvgIpc) is 3.44. The van der Waals surface area contributed by atoms with Crippen molar-refractivity contribution in [2.75, 3.05) is 31.0 Å². The van der Waals surface area contributed by atoms with Crippen LogP contribution >= 0.6 is 0 Å². The molecule has 1 atom stereocenters. The van der Waals surface area contributed by atoms with E-state index >= 15 is 0 Å². The Balaban J connectivity index is 1.46. The molecule has 1 aliphatic rings. The molecule has 8 heteroatoms. The number of benzene rings is 2. The number of methoxy groups -OCH3 is 2. The van der Waals surface area contributed by atoms with Gasteiger partial charge in [0.2, 0.25) is 11.8 Å². The van der Waals surface area contributed by atoms with Crippen LogP contribution in [0.3, 0.4) is 0 Å². The second-order valence-electron chi connectivity index (χ2n) is 6.98. The predicted molar refractivity (Wildman–Crippen MR) is 113 cm³/mol. The van der Waals surface area contributed by atoms with Crippen molar-refractivity contribution in [1.29, 1.82) is 0 Å². The number of aromatic nitrogens is 2. The van der Waals surface area contributed by atoms with Crippen molar-refractivity contribution < 1.29 is 19.1 Å². The molecule has 1 aromatic heterocycles. The smallest absolute Gasteiger partial charge is 0.229 e. The molecule has 2 amide bonds. The lowest BCUT2D eigenvalue weighted by Crippen LogP contribution is -2.28. The monoisotopic (exact) mass is 406 g/mol. The number of hydrogen-bond acceptors (Lipinski definition) is 5. The van der Waals surface area contributed by atoms with E-state index in [0.717, 1.165) is 11.3 Å². The number of anilines is 2. The molecule has 1 unspecified atom stereocenters. The Labute approximate surface area is 173 Å². The average molecular weight is 406 g/mol. The number of carbonyl (C=O) groups is 2. The standard InChI is InChI=1S/C22H22N4O4/c1-29-17-7-8-20(30-2)19(12-17)26-13-15(11-21(26)27)22(28)24-16-5-3-14(4-6-16)18-9-10-23-25-18/h3-10,12,15H,11,13H2,1-2H3,(H,23,25)(H,24,28). The minimum Gasteiger partial charge on any atom is -0.497 e. The van der Waals surface area contributed by atoms with Crippen LogP contribution in [0.4, 0.5) is 11.4 Å². The maximum atomic E-state index is 12.8. The maximum Gasteiger partial charge on any atom is 0.229 e. The molecule has 2 N–H and O–H groups in total. The highest BCUT2D eigenvalue weighted by Crippen LogP contribution is 2.36. The second-order valence-corrected chi connectivity index (χ2v) is 6.98. The number of nitrogens with zero attached hydrogens (tertiary/aromatic N) is 2. The molecule has 1 fully saturated rings. The van der Waals surface area contributed by atoms with E-state index in [1.165, 1.54) is 0 Å². The highest BCUT2D eigenvalue weighted by Gasteiger charge is 2.36. The third-order valence-corrected chi connectivity index (χ3v) is 5.14. The minimum absolute atomic E-state index is 0.128. The molecule has 0 spiro atoms. The molecule has 2 aromatic carbocycles. The van der Waals surface area contributed by atoms with Crippen LogP contribution in [-0.4, -0.2) is 42.8 Å². The summed E-state index contributed by atoms with van der Waals surface area (Å²) < 4.78 is 10.6. The molecule has 1 saturated heterocycles. The van der Waals surface area contributed by atoms with E-state index in [0.29, 0.717) is 22.9 Å². The van der Waals surface area contributed by atoms with Gasteiger partial charge in [-0.1, -0.05) is 12.1 Å². The molecule has 0 radical (unpaired) electrons. The summed E-state index contributed by atoms with van der Waals surface area (Å²) in [5, 5.41) is 9.74. The van der Waals surface area contributed by atoms with E-state index in [-0.39, 0.29) is 24.8 Å². The Bertz CT molecular complexity index is 1050. The van der Waals surface area contributed by atoms with Crippen molar-refractivity contribution in [3.05, 3.63) is 54.7 Å². The molecular formula is C22H22N4O4. The van der Waals surface area contributed by atoms with Crippen molar-refractivity contribution >= 4 is 23.2 Å². The lowest BCUT2D eigenvalue weighted by molar-refractivity contribution is -0.122. The lowest BCUT2D eigenvalue weighted by atomic mass is 10.1. The molecule has 4 rings (SSSR count). The van der Waals surface area contributed by atoms with Crippen LogP contribution in [-0.2, 0) is 9.59 Å². The van der Waals surface area contributed by atoms with Crippen LogP contribution < -0.4 is 19.7 Å². The number of aromatic amines is 1. The predicted octanol–water partition coefficient (Wildman–Crippen LogP) is 3.09. The van der Waals surface area contributed by atoms with Gasteiger partial charge in [-0.2, -0.15) is 5.10 Å². The molecule has 3 aromatic rings. The third-order valence-electron chi connectivity index (χ3n) is 5.14. The molecule has 0 aliphatic carbocycles. The van der Waals surface area contributed by atoms with E-state index in [2.05, 4.69) is 15.5 Å². The van der Waals surface area contributed by atoms with Crippen molar-refractivity contribution in [3.63, 3.8) is 0 Å². The van der Waals surface area contributed by atoms with Gasteiger partial charge in [0, 0.05) is 30.9 Å². The Morgan fingerprint density at radius 2 is 1.93 bits per heavy atom. The summed E-state index contributed by atoms with van der Waals surface area (Å²) in [4.78, 5) is 27.0. The highest BCUT2D eigenvalue weighted by molar-refractivity contribution is 6.04. The number of H-pyrrole nitrogens is 1. The van der Waals surface area contributed by atoms with Gasteiger partial charge in [-0.25, -0.2) is 0 Å². The molecule has 30 heavy (non-hydrogen) atoms. The largest absolute Gasteiger partial charge is 0.497 e. The molecule has 154 valence electrons. The molecule has 0 saturated carbocycles. The molecule has 1 aliphatic heterocycles. The summed E-state index contributed by atoms with van der Waals surface area (Å²) in [6, 6.07) is 14.6. The lowest BCUT2D eigenvalue weighted by Gasteiger charge is -2.20. The summed E-state index contributed by atoms with van der Waals surface area (Å²) >= 11 is 0. The summed E-state index contributed by atoms with van der Waals surface area (Å²) in [6.45, 7) is 0.278. The van der Waals surface area contributed by atoms with E-state index in [9.17, 15) is 9.59 Å². The van der Waals surface area contributed by atoms with Crippen molar-refractivity contribution in [1.82, 2.24) is 10.2 Å². The van der Waals surface area contributed by atoms with Crippen LogP contribution in [0.15, 0.2) is 54.7 Å². The number of ether oxygens (including phenoxy) is 2. The zero-order chi connectivity index (χ0) is 21.1. The van der Waals surface area contributed by atoms with Gasteiger partial charge in [0.25, 0.3) is 0 Å². The molecule has 2 heterocycles. The molecule has 8 nitrogen and oxygen atoms in total. The Morgan fingerprint density at radius 1 is 1.13 bits per heavy atom. The number of carbonyl (C=O) groups excluding carboxylic acids is 2. The van der Waals surface area contributed by atoms with Gasteiger partial charge in [-0.05, 0) is 35.9 Å². The first kappa shape index (κ1) is 19.5. The molecule has 0 bridgehead atoms. The quantitative estimate of drug-likeness (QED) is 0.656. The zero-order valence-corrected chi connectivity index (χ0v) is 16.7. The van der Waals surface area contributed by atoms with E-state index < -0.39 is 5.92 Å². The Morgan fingerprint density at radius 3 is 2.60 bits per heavy atom. The topological polar surface area (TPSA) is 96.6 Å². The summed E-state index contributed by atoms with van der Waals surface area (Å²) in [5.74, 6) is 0.391. The minimum atomic E-state index is -0.458. The van der Waals surface area contributed by atoms with Crippen LogP contribution in [0.25, 0.3) is 11.3 Å². The summed E-state index contributed by atoms with van der Waals surface area (Å²) in [5.41, 5.74) is 3.14.